The molecular formula is C21H21F4NO5. The zero-order valence-electron chi connectivity index (χ0n) is 16.8. The molecule has 0 spiro atoms. The molecule has 1 heterocycles. The van der Waals surface area contributed by atoms with Gasteiger partial charge in [0, 0.05) is 24.2 Å². The van der Waals surface area contributed by atoms with Crippen LogP contribution >= 0.6 is 0 Å². The Hall–Kier alpha value is -3.14. The van der Waals surface area contributed by atoms with Crippen LogP contribution in [0.4, 0.5) is 17.6 Å². The van der Waals surface area contributed by atoms with Crippen molar-refractivity contribution in [2.45, 2.75) is 25.2 Å². The minimum absolute atomic E-state index is 0.417. The van der Waals surface area contributed by atoms with Gasteiger partial charge < -0.3 is 19.5 Å². The highest BCUT2D eigenvalue weighted by Crippen LogP contribution is 2.32. The molecular weight excluding hydrogens is 422 g/mol. The molecule has 0 saturated heterocycles. The first-order chi connectivity index (χ1) is 14.5. The number of carbonyl (C=O) groups excluding carboxylic acids is 1. The van der Waals surface area contributed by atoms with Crippen LogP contribution in [0, 0.1) is 5.82 Å². The van der Waals surface area contributed by atoms with Crippen molar-refractivity contribution in [3.05, 3.63) is 65.0 Å². The molecule has 0 aromatic heterocycles. The maximum absolute atomic E-state index is 13.5. The number of rotatable bonds is 4. The summed E-state index contributed by atoms with van der Waals surface area (Å²) in [6, 6.07) is 11.7. The molecule has 168 valence electrons. The van der Waals surface area contributed by atoms with Crippen LogP contribution in [-0.2, 0) is 27.3 Å². The highest BCUT2D eigenvalue weighted by Gasteiger charge is 2.38. The standard InChI is InChI=1S/C19H20FNO3.C2HF3O2/c1-21-10-9-13-5-4-8-17(16(13)12-21)24-18(19(22)23-2)14-6-3-7-15(20)11-14;3-2(4,5)1(6)7/h3-8,11,18H,9-10,12H2,1-2H3;(H,6,7). The molecule has 1 unspecified atom stereocenters. The Morgan fingerprint density at radius 2 is 1.81 bits per heavy atom. The maximum atomic E-state index is 13.5. The lowest BCUT2D eigenvalue weighted by atomic mass is 9.99. The van der Waals surface area contributed by atoms with Crippen LogP contribution in [0.1, 0.15) is 22.8 Å². The molecule has 0 aliphatic carbocycles. The first kappa shape index (κ1) is 24.1. The molecule has 6 nitrogen and oxygen atoms in total. The summed E-state index contributed by atoms with van der Waals surface area (Å²) >= 11 is 0. The van der Waals surface area contributed by atoms with Crippen molar-refractivity contribution in [1.29, 1.82) is 0 Å². The molecule has 1 aliphatic heterocycles. The number of nitrogens with zero attached hydrogens (tertiary/aromatic N) is 1. The van der Waals surface area contributed by atoms with Gasteiger partial charge in [-0.2, -0.15) is 13.2 Å². The highest BCUT2D eigenvalue weighted by atomic mass is 19.4. The predicted octanol–water partition coefficient (Wildman–Crippen LogP) is 3.74. The van der Waals surface area contributed by atoms with Crippen LogP contribution in [0.25, 0.3) is 0 Å². The number of likely N-dealkylation sites (N-methyl/N-ethyl adjacent to an activating group) is 1. The van der Waals surface area contributed by atoms with Crippen molar-refractivity contribution >= 4 is 11.9 Å². The Labute approximate surface area is 176 Å². The molecule has 0 saturated carbocycles. The van der Waals surface area contributed by atoms with E-state index in [0.717, 1.165) is 25.1 Å². The molecule has 31 heavy (non-hydrogen) atoms. The lowest BCUT2D eigenvalue weighted by Crippen LogP contribution is -2.28. The highest BCUT2D eigenvalue weighted by molar-refractivity contribution is 5.77. The van der Waals surface area contributed by atoms with Gasteiger partial charge in [-0.15, -0.1) is 0 Å². The lowest BCUT2D eigenvalue weighted by Gasteiger charge is -2.28. The van der Waals surface area contributed by atoms with E-state index in [1.54, 1.807) is 12.1 Å². The Bertz CT molecular complexity index is 932. The van der Waals surface area contributed by atoms with Crippen molar-refractivity contribution in [3.8, 4) is 5.75 Å². The number of esters is 1. The van der Waals surface area contributed by atoms with Crippen LogP contribution in [0.2, 0.25) is 0 Å². The number of methoxy groups -OCH3 is 1. The summed E-state index contributed by atoms with van der Waals surface area (Å²) < 4.78 is 56.1. The fourth-order valence-corrected chi connectivity index (χ4v) is 2.95. The smallest absolute Gasteiger partial charge is 0.475 e. The van der Waals surface area contributed by atoms with Crippen LogP contribution in [0.5, 0.6) is 5.75 Å². The van der Waals surface area contributed by atoms with Crippen molar-refractivity contribution < 1.29 is 41.7 Å². The monoisotopic (exact) mass is 443 g/mol. The van der Waals surface area contributed by atoms with E-state index in [-0.39, 0.29) is 0 Å². The summed E-state index contributed by atoms with van der Waals surface area (Å²) in [7, 11) is 3.34. The average molecular weight is 443 g/mol. The van der Waals surface area contributed by atoms with Gasteiger partial charge in [-0.25, -0.2) is 14.0 Å². The van der Waals surface area contributed by atoms with Crippen molar-refractivity contribution in [1.82, 2.24) is 4.90 Å². The van der Waals surface area contributed by atoms with E-state index in [9.17, 15) is 22.4 Å². The molecule has 1 atom stereocenters. The van der Waals surface area contributed by atoms with E-state index in [0.29, 0.717) is 11.3 Å². The second-order valence-corrected chi connectivity index (χ2v) is 6.76. The number of fused-ring (bicyclic) bond motifs is 1. The normalized spacial score (nSPS) is 14.5. The largest absolute Gasteiger partial charge is 0.490 e. The molecule has 0 radical (unpaired) electrons. The summed E-state index contributed by atoms with van der Waals surface area (Å²) in [4.78, 5) is 23.3. The van der Waals surface area contributed by atoms with Gasteiger partial charge in [0.1, 0.15) is 11.6 Å². The Morgan fingerprint density at radius 1 is 1.16 bits per heavy atom. The third kappa shape index (κ3) is 6.68. The minimum atomic E-state index is -5.08. The summed E-state index contributed by atoms with van der Waals surface area (Å²) in [6.45, 7) is 1.74. The second kappa shape index (κ2) is 10.3. The number of alkyl halides is 3. The van der Waals surface area contributed by atoms with Gasteiger partial charge in [0.25, 0.3) is 0 Å². The van der Waals surface area contributed by atoms with Gasteiger partial charge in [0.2, 0.25) is 6.10 Å². The fourth-order valence-electron chi connectivity index (χ4n) is 2.95. The lowest BCUT2D eigenvalue weighted by molar-refractivity contribution is -0.192. The molecule has 10 heteroatoms. The van der Waals surface area contributed by atoms with E-state index in [1.807, 2.05) is 19.2 Å². The number of hydrogen-bond donors (Lipinski definition) is 1. The number of aliphatic carboxylic acids is 1. The van der Waals surface area contributed by atoms with Gasteiger partial charge in [-0.05, 0) is 37.2 Å². The zero-order valence-corrected chi connectivity index (χ0v) is 16.8. The third-order valence-electron chi connectivity index (χ3n) is 4.47. The summed E-state index contributed by atoms with van der Waals surface area (Å²) in [5.41, 5.74) is 2.72. The number of hydrogen-bond acceptors (Lipinski definition) is 5. The van der Waals surface area contributed by atoms with E-state index in [1.165, 1.54) is 24.8 Å². The van der Waals surface area contributed by atoms with E-state index in [4.69, 9.17) is 19.4 Å². The second-order valence-electron chi connectivity index (χ2n) is 6.76. The number of carboxylic acid groups (broad SMARTS) is 1. The van der Waals surface area contributed by atoms with E-state index < -0.39 is 30.0 Å². The van der Waals surface area contributed by atoms with E-state index >= 15 is 0 Å². The molecule has 1 N–H and O–H groups in total. The molecule has 2 aromatic carbocycles. The van der Waals surface area contributed by atoms with Crippen molar-refractivity contribution in [3.63, 3.8) is 0 Å². The number of carbonyl (C=O) groups is 2. The quantitative estimate of drug-likeness (QED) is 0.573. The molecule has 0 fully saturated rings. The first-order valence-electron chi connectivity index (χ1n) is 9.12. The maximum Gasteiger partial charge on any atom is 0.490 e. The van der Waals surface area contributed by atoms with Gasteiger partial charge >= 0.3 is 18.1 Å². The topological polar surface area (TPSA) is 76.1 Å². The number of carboxylic acids is 1. The van der Waals surface area contributed by atoms with Gasteiger partial charge in [-0.1, -0.05) is 24.3 Å². The third-order valence-corrected chi connectivity index (χ3v) is 4.47. The van der Waals surface area contributed by atoms with Gasteiger partial charge in [0.15, 0.2) is 0 Å². The molecule has 0 amide bonds. The van der Waals surface area contributed by atoms with Crippen LogP contribution < -0.4 is 4.74 Å². The molecule has 0 bridgehead atoms. The zero-order chi connectivity index (χ0) is 23.2. The van der Waals surface area contributed by atoms with Crippen molar-refractivity contribution in [2.24, 2.45) is 0 Å². The van der Waals surface area contributed by atoms with Crippen LogP contribution in [-0.4, -0.2) is 48.8 Å². The number of benzene rings is 2. The predicted molar refractivity (Wildman–Crippen MR) is 102 cm³/mol. The summed E-state index contributed by atoms with van der Waals surface area (Å²) in [5.74, 6) is -3.09. The van der Waals surface area contributed by atoms with Crippen molar-refractivity contribution in [2.75, 3.05) is 20.7 Å². The molecule has 1 aliphatic rings. The first-order valence-corrected chi connectivity index (χ1v) is 9.12. The number of ether oxygens (including phenoxy) is 2. The molecule has 2 aromatic rings. The van der Waals surface area contributed by atoms with Gasteiger partial charge in [0.05, 0.1) is 7.11 Å². The SMILES string of the molecule is COC(=O)C(Oc1cccc2c1CN(C)CC2)c1cccc(F)c1.O=C(O)C(F)(F)F. The minimum Gasteiger partial charge on any atom is -0.475 e. The Kier molecular flexibility index (Phi) is 7.98. The average Bonchev–Trinajstić information content (AvgIpc) is 2.71. The molecule has 3 rings (SSSR count). The summed E-state index contributed by atoms with van der Waals surface area (Å²) in [6.07, 6.45) is -5.14. The van der Waals surface area contributed by atoms with Crippen LogP contribution in [0.15, 0.2) is 42.5 Å². The van der Waals surface area contributed by atoms with E-state index in [2.05, 4.69) is 11.0 Å². The number of halogens is 4. The Balaban J connectivity index is 0.000000423. The fraction of sp³-hybridized carbons (Fsp3) is 0.333. The van der Waals surface area contributed by atoms with Gasteiger partial charge in [-0.3, -0.25) is 0 Å². The summed E-state index contributed by atoms with van der Waals surface area (Å²) in [5, 5.41) is 7.12. The Morgan fingerprint density at radius 3 is 2.39 bits per heavy atom. The van der Waals surface area contributed by atoms with Crippen LogP contribution in [0.3, 0.4) is 0 Å².